The molecule has 0 spiro atoms. The second-order valence-electron chi connectivity index (χ2n) is 5.33. The first kappa shape index (κ1) is 14.4. The average molecular weight is 268 g/mol. The molecule has 2 rings (SSSR count). The Bertz CT molecular complexity index is 402. The van der Waals surface area contributed by atoms with Gasteiger partial charge in [0.2, 0.25) is 0 Å². The third-order valence-electron chi connectivity index (χ3n) is 4.01. The van der Waals surface area contributed by atoms with Crippen LogP contribution in [0.5, 0.6) is 0 Å². The molecule has 2 N–H and O–H groups in total. The molecule has 1 aromatic rings. The second kappa shape index (κ2) is 6.44. The van der Waals surface area contributed by atoms with Gasteiger partial charge in [-0.1, -0.05) is 19.4 Å². The monoisotopic (exact) mass is 268 g/mol. The van der Waals surface area contributed by atoms with Crippen LogP contribution in [-0.2, 0) is 0 Å². The molecule has 0 radical (unpaired) electrons. The van der Waals surface area contributed by atoms with Gasteiger partial charge in [-0.2, -0.15) is 0 Å². The summed E-state index contributed by atoms with van der Waals surface area (Å²) in [5.74, 6) is -0.349. The SMILES string of the molecule is CCCC1CCN(C(CN)c2c(F)cccc2F)C1. The van der Waals surface area contributed by atoms with Gasteiger partial charge in [0.05, 0.1) is 6.04 Å². The van der Waals surface area contributed by atoms with Crippen LogP contribution in [0.15, 0.2) is 18.2 Å². The number of benzene rings is 1. The van der Waals surface area contributed by atoms with Crippen LogP contribution in [0.4, 0.5) is 8.78 Å². The number of hydrogen-bond acceptors (Lipinski definition) is 2. The van der Waals surface area contributed by atoms with Crippen LogP contribution in [0.25, 0.3) is 0 Å². The fraction of sp³-hybridized carbons (Fsp3) is 0.600. The van der Waals surface area contributed by atoms with Crippen LogP contribution in [0.3, 0.4) is 0 Å². The minimum absolute atomic E-state index is 0.127. The van der Waals surface area contributed by atoms with Crippen molar-refractivity contribution in [1.29, 1.82) is 0 Å². The normalized spacial score (nSPS) is 21.8. The fourth-order valence-electron chi connectivity index (χ4n) is 3.07. The number of nitrogens with zero attached hydrogens (tertiary/aromatic N) is 1. The van der Waals surface area contributed by atoms with Gasteiger partial charge in [0.15, 0.2) is 0 Å². The third-order valence-corrected chi connectivity index (χ3v) is 4.01. The molecule has 4 heteroatoms. The van der Waals surface area contributed by atoms with Crippen molar-refractivity contribution in [2.24, 2.45) is 11.7 Å². The molecule has 106 valence electrons. The van der Waals surface area contributed by atoms with Crippen molar-refractivity contribution in [3.8, 4) is 0 Å². The first-order valence-electron chi connectivity index (χ1n) is 7.05. The first-order chi connectivity index (χ1) is 9.17. The molecule has 1 aliphatic rings. The van der Waals surface area contributed by atoms with Crippen LogP contribution in [-0.4, -0.2) is 24.5 Å². The number of likely N-dealkylation sites (tertiary alicyclic amines) is 1. The highest BCUT2D eigenvalue weighted by Gasteiger charge is 2.30. The van der Waals surface area contributed by atoms with Gasteiger partial charge in [0.25, 0.3) is 0 Å². The molecule has 1 heterocycles. The molecular weight excluding hydrogens is 246 g/mol. The molecule has 0 amide bonds. The van der Waals surface area contributed by atoms with Crippen molar-refractivity contribution in [2.45, 2.75) is 32.2 Å². The van der Waals surface area contributed by atoms with E-state index in [-0.39, 0.29) is 18.2 Å². The van der Waals surface area contributed by atoms with Gasteiger partial charge >= 0.3 is 0 Å². The highest BCUT2D eigenvalue weighted by atomic mass is 19.1. The van der Waals surface area contributed by atoms with E-state index in [9.17, 15) is 8.78 Å². The zero-order chi connectivity index (χ0) is 13.8. The van der Waals surface area contributed by atoms with Crippen molar-refractivity contribution in [1.82, 2.24) is 4.90 Å². The Labute approximate surface area is 113 Å². The van der Waals surface area contributed by atoms with E-state index in [0.717, 1.165) is 25.9 Å². The van der Waals surface area contributed by atoms with Crippen LogP contribution < -0.4 is 5.73 Å². The van der Waals surface area contributed by atoms with E-state index in [1.807, 2.05) is 0 Å². The van der Waals surface area contributed by atoms with E-state index >= 15 is 0 Å². The summed E-state index contributed by atoms with van der Waals surface area (Å²) in [5.41, 5.74) is 5.89. The van der Waals surface area contributed by atoms with Gasteiger partial charge in [0.1, 0.15) is 11.6 Å². The summed E-state index contributed by atoms with van der Waals surface area (Å²) < 4.78 is 27.7. The fourth-order valence-corrected chi connectivity index (χ4v) is 3.07. The van der Waals surface area contributed by atoms with Crippen LogP contribution in [0, 0.1) is 17.6 Å². The highest BCUT2D eigenvalue weighted by Crippen LogP contribution is 2.31. The maximum absolute atomic E-state index is 13.9. The molecule has 1 aromatic carbocycles. The number of rotatable bonds is 5. The predicted molar refractivity (Wildman–Crippen MR) is 72.7 cm³/mol. The minimum Gasteiger partial charge on any atom is -0.329 e. The van der Waals surface area contributed by atoms with Crippen LogP contribution in [0.1, 0.15) is 37.8 Å². The Balaban J connectivity index is 2.17. The Morgan fingerprint density at radius 1 is 1.37 bits per heavy atom. The summed E-state index contributed by atoms with van der Waals surface area (Å²) in [5, 5.41) is 0. The summed E-state index contributed by atoms with van der Waals surface area (Å²) in [4.78, 5) is 2.13. The summed E-state index contributed by atoms with van der Waals surface area (Å²) in [6.07, 6.45) is 3.42. The molecule has 1 fully saturated rings. The smallest absolute Gasteiger partial charge is 0.130 e. The summed E-state index contributed by atoms with van der Waals surface area (Å²) in [6, 6.07) is 3.66. The third kappa shape index (κ3) is 3.12. The van der Waals surface area contributed by atoms with Crippen molar-refractivity contribution in [3.63, 3.8) is 0 Å². The molecule has 2 nitrogen and oxygen atoms in total. The van der Waals surface area contributed by atoms with Crippen molar-refractivity contribution >= 4 is 0 Å². The molecule has 1 aliphatic heterocycles. The van der Waals surface area contributed by atoms with Gasteiger partial charge in [-0.15, -0.1) is 0 Å². The van der Waals surface area contributed by atoms with Gasteiger partial charge < -0.3 is 5.73 Å². The standard InChI is InChI=1S/C15H22F2N2/c1-2-4-11-7-8-19(10-11)14(9-18)15-12(16)5-3-6-13(15)17/h3,5-6,11,14H,2,4,7-10,18H2,1H3. The zero-order valence-corrected chi connectivity index (χ0v) is 11.4. The average Bonchev–Trinajstić information content (AvgIpc) is 2.83. The molecule has 0 aromatic heterocycles. The van der Waals surface area contributed by atoms with Gasteiger partial charge in [-0.05, 0) is 37.4 Å². The summed E-state index contributed by atoms with van der Waals surface area (Å²) >= 11 is 0. The molecule has 0 saturated carbocycles. The van der Waals surface area contributed by atoms with E-state index < -0.39 is 11.6 Å². The van der Waals surface area contributed by atoms with E-state index in [0.29, 0.717) is 5.92 Å². The minimum atomic E-state index is -0.491. The topological polar surface area (TPSA) is 29.3 Å². The van der Waals surface area contributed by atoms with Crippen LogP contribution in [0.2, 0.25) is 0 Å². The van der Waals surface area contributed by atoms with Crippen molar-refractivity contribution in [3.05, 3.63) is 35.4 Å². The van der Waals surface area contributed by atoms with E-state index in [1.54, 1.807) is 0 Å². The maximum Gasteiger partial charge on any atom is 0.130 e. The predicted octanol–water partition coefficient (Wildman–Crippen LogP) is 3.09. The quantitative estimate of drug-likeness (QED) is 0.889. The number of nitrogens with two attached hydrogens (primary N) is 1. The number of halogens is 2. The molecule has 2 atom stereocenters. The van der Waals surface area contributed by atoms with Crippen molar-refractivity contribution in [2.75, 3.05) is 19.6 Å². The van der Waals surface area contributed by atoms with Gasteiger partial charge in [0, 0.05) is 18.7 Å². The molecule has 0 aliphatic carbocycles. The van der Waals surface area contributed by atoms with E-state index in [4.69, 9.17) is 5.73 Å². The first-order valence-corrected chi connectivity index (χ1v) is 7.05. The lowest BCUT2D eigenvalue weighted by Crippen LogP contribution is -2.33. The Morgan fingerprint density at radius 3 is 2.63 bits per heavy atom. The second-order valence-corrected chi connectivity index (χ2v) is 5.33. The summed E-state index contributed by atoms with van der Waals surface area (Å²) in [6.45, 7) is 4.18. The number of hydrogen-bond donors (Lipinski definition) is 1. The molecule has 0 bridgehead atoms. The maximum atomic E-state index is 13.9. The highest BCUT2D eigenvalue weighted by molar-refractivity contribution is 5.24. The lowest BCUT2D eigenvalue weighted by atomic mass is 10.0. The largest absolute Gasteiger partial charge is 0.329 e. The zero-order valence-electron chi connectivity index (χ0n) is 11.4. The molecule has 2 unspecified atom stereocenters. The van der Waals surface area contributed by atoms with Gasteiger partial charge in [-0.25, -0.2) is 8.78 Å². The lowest BCUT2D eigenvalue weighted by molar-refractivity contribution is 0.229. The molecule has 1 saturated heterocycles. The Morgan fingerprint density at radius 2 is 2.05 bits per heavy atom. The Kier molecular flexibility index (Phi) is 4.88. The lowest BCUT2D eigenvalue weighted by Gasteiger charge is -2.27. The van der Waals surface area contributed by atoms with E-state index in [2.05, 4.69) is 11.8 Å². The van der Waals surface area contributed by atoms with Crippen LogP contribution >= 0.6 is 0 Å². The van der Waals surface area contributed by atoms with Gasteiger partial charge in [-0.3, -0.25) is 4.90 Å². The Hall–Kier alpha value is -1.00. The molecular formula is C15H22F2N2. The summed E-state index contributed by atoms with van der Waals surface area (Å²) in [7, 11) is 0. The van der Waals surface area contributed by atoms with E-state index in [1.165, 1.54) is 24.6 Å². The molecule has 19 heavy (non-hydrogen) atoms. The van der Waals surface area contributed by atoms with Crippen molar-refractivity contribution < 1.29 is 8.78 Å².